The van der Waals surface area contributed by atoms with Crippen LogP contribution in [-0.4, -0.2) is 5.97 Å². The molecule has 0 saturated carbocycles. The Balaban J connectivity index is 1.78. The molecule has 2 heteroatoms. The Labute approximate surface area is 174 Å². The third-order valence-electron chi connectivity index (χ3n) is 5.60. The third-order valence-corrected chi connectivity index (χ3v) is 5.60. The fraction of sp³-hybridized carbons (Fsp3) is 0.296. The van der Waals surface area contributed by atoms with Crippen molar-refractivity contribution in [2.45, 2.75) is 52.6 Å². The standard InChI is InChI=1S/C27H30O2/c1-19-7-11-21(12-8-19)22-13-17-24(18-14-22)27(5,6)29-25(28)26(3,4)23-15-9-20(2)10-16-23/h7-18H,1-6H3. The average Bonchev–Trinajstić information content (AvgIpc) is 2.68. The molecule has 0 bridgehead atoms. The van der Waals surface area contributed by atoms with Crippen LogP contribution in [0.25, 0.3) is 11.1 Å². The number of carbonyl (C=O) groups is 1. The summed E-state index contributed by atoms with van der Waals surface area (Å²) in [5.41, 5.74) is 5.24. The first-order valence-electron chi connectivity index (χ1n) is 10.1. The number of ether oxygens (including phenoxy) is 1. The largest absolute Gasteiger partial charge is 0.454 e. The molecule has 150 valence electrons. The van der Waals surface area contributed by atoms with E-state index in [-0.39, 0.29) is 5.97 Å². The highest BCUT2D eigenvalue weighted by Crippen LogP contribution is 2.32. The summed E-state index contributed by atoms with van der Waals surface area (Å²) in [5, 5.41) is 0. The van der Waals surface area contributed by atoms with Crippen LogP contribution >= 0.6 is 0 Å². The summed E-state index contributed by atoms with van der Waals surface area (Å²) in [6, 6.07) is 24.8. The maximum Gasteiger partial charge on any atom is 0.316 e. The lowest BCUT2D eigenvalue weighted by Gasteiger charge is -2.31. The summed E-state index contributed by atoms with van der Waals surface area (Å²) in [4.78, 5) is 13.0. The van der Waals surface area contributed by atoms with Gasteiger partial charge < -0.3 is 4.74 Å². The maximum atomic E-state index is 13.0. The Morgan fingerprint density at radius 1 is 0.621 bits per heavy atom. The van der Waals surface area contributed by atoms with Gasteiger partial charge in [0.1, 0.15) is 5.60 Å². The second-order valence-corrected chi connectivity index (χ2v) is 8.83. The number of hydrogen-bond donors (Lipinski definition) is 0. The topological polar surface area (TPSA) is 26.3 Å². The molecule has 3 rings (SSSR count). The van der Waals surface area contributed by atoms with Crippen molar-refractivity contribution in [3.8, 4) is 11.1 Å². The minimum Gasteiger partial charge on any atom is -0.454 e. The minimum atomic E-state index is -0.717. The van der Waals surface area contributed by atoms with Crippen LogP contribution in [0.3, 0.4) is 0 Å². The van der Waals surface area contributed by atoms with Crippen molar-refractivity contribution in [1.82, 2.24) is 0 Å². The highest BCUT2D eigenvalue weighted by atomic mass is 16.6. The molecule has 0 aromatic heterocycles. The molecule has 0 radical (unpaired) electrons. The van der Waals surface area contributed by atoms with E-state index in [9.17, 15) is 4.79 Å². The molecule has 0 fully saturated rings. The van der Waals surface area contributed by atoms with E-state index >= 15 is 0 Å². The van der Waals surface area contributed by atoms with Gasteiger partial charge in [-0.1, -0.05) is 83.9 Å². The zero-order valence-corrected chi connectivity index (χ0v) is 18.2. The van der Waals surface area contributed by atoms with E-state index in [4.69, 9.17) is 4.74 Å². The van der Waals surface area contributed by atoms with Crippen LogP contribution in [0.1, 0.15) is 49.9 Å². The fourth-order valence-electron chi connectivity index (χ4n) is 3.32. The van der Waals surface area contributed by atoms with Crippen molar-refractivity contribution in [3.63, 3.8) is 0 Å². The monoisotopic (exact) mass is 386 g/mol. The van der Waals surface area contributed by atoms with E-state index in [1.165, 1.54) is 16.7 Å². The van der Waals surface area contributed by atoms with Crippen molar-refractivity contribution >= 4 is 5.97 Å². The molecular weight excluding hydrogens is 356 g/mol. The molecule has 0 aliphatic rings. The van der Waals surface area contributed by atoms with Gasteiger partial charge in [0.15, 0.2) is 0 Å². The third kappa shape index (κ3) is 4.59. The molecule has 2 nitrogen and oxygen atoms in total. The number of aryl methyl sites for hydroxylation is 2. The first kappa shape index (κ1) is 20.9. The SMILES string of the molecule is Cc1ccc(-c2ccc(C(C)(C)OC(=O)C(C)(C)c3ccc(C)cc3)cc2)cc1. The van der Waals surface area contributed by atoms with Gasteiger partial charge in [-0.05, 0) is 63.8 Å². The van der Waals surface area contributed by atoms with Crippen molar-refractivity contribution in [2.24, 2.45) is 0 Å². The molecule has 3 aromatic carbocycles. The lowest BCUT2D eigenvalue weighted by molar-refractivity contribution is -0.163. The van der Waals surface area contributed by atoms with Crippen LogP contribution in [0.4, 0.5) is 0 Å². The molecule has 0 heterocycles. The van der Waals surface area contributed by atoms with E-state index in [2.05, 4.69) is 43.3 Å². The summed E-state index contributed by atoms with van der Waals surface area (Å²) in [5.74, 6) is -0.228. The Kier molecular flexibility index (Phi) is 5.66. The highest BCUT2D eigenvalue weighted by Gasteiger charge is 2.36. The number of hydrogen-bond acceptors (Lipinski definition) is 2. The number of benzene rings is 3. The van der Waals surface area contributed by atoms with Gasteiger partial charge in [-0.3, -0.25) is 4.79 Å². The first-order valence-corrected chi connectivity index (χ1v) is 10.1. The van der Waals surface area contributed by atoms with Crippen molar-refractivity contribution < 1.29 is 9.53 Å². The number of esters is 1. The van der Waals surface area contributed by atoms with Gasteiger partial charge in [0.05, 0.1) is 5.41 Å². The second-order valence-electron chi connectivity index (χ2n) is 8.83. The molecule has 0 amide bonds. The molecule has 0 atom stereocenters. The van der Waals surface area contributed by atoms with E-state index < -0.39 is 11.0 Å². The predicted octanol–water partition coefficient (Wildman–Crippen LogP) is 6.73. The number of carbonyl (C=O) groups excluding carboxylic acids is 1. The first-order chi connectivity index (χ1) is 13.6. The molecule has 0 aliphatic heterocycles. The van der Waals surface area contributed by atoms with Crippen LogP contribution in [-0.2, 0) is 20.5 Å². The fourth-order valence-corrected chi connectivity index (χ4v) is 3.32. The highest BCUT2D eigenvalue weighted by molar-refractivity contribution is 5.82. The van der Waals surface area contributed by atoms with Crippen LogP contribution < -0.4 is 0 Å². The van der Waals surface area contributed by atoms with E-state index in [0.29, 0.717) is 0 Å². The van der Waals surface area contributed by atoms with Gasteiger partial charge in [0.25, 0.3) is 0 Å². The van der Waals surface area contributed by atoms with E-state index in [1.807, 2.05) is 71.0 Å². The molecular formula is C27H30O2. The zero-order chi connectivity index (χ0) is 21.2. The Morgan fingerprint density at radius 2 is 1.00 bits per heavy atom. The molecule has 29 heavy (non-hydrogen) atoms. The molecule has 3 aromatic rings. The van der Waals surface area contributed by atoms with Gasteiger partial charge in [-0.15, -0.1) is 0 Å². The van der Waals surface area contributed by atoms with Crippen LogP contribution in [0.5, 0.6) is 0 Å². The lowest BCUT2D eigenvalue weighted by Crippen LogP contribution is -2.37. The number of rotatable bonds is 5. The summed E-state index contributed by atoms with van der Waals surface area (Å²) in [7, 11) is 0. The average molecular weight is 387 g/mol. The quantitative estimate of drug-likeness (QED) is 0.455. The van der Waals surface area contributed by atoms with Gasteiger partial charge in [-0.2, -0.15) is 0 Å². The normalized spacial score (nSPS) is 11.9. The summed E-state index contributed by atoms with van der Waals surface area (Å²) < 4.78 is 6.00. The molecule has 0 spiro atoms. The molecule has 0 N–H and O–H groups in total. The van der Waals surface area contributed by atoms with E-state index in [1.54, 1.807) is 0 Å². The molecule has 0 saturated heterocycles. The Hall–Kier alpha value is -2.87. The van der Waals surface area contributed by atoms with Crippen LogP contribution in [0.15, 0.2) is 72.8 Å². The Bertz CT molecular complexity index is 976. The van der Waals surface area contributed by atoms with Crippen LogP contribution in [0.2, 0.25) is 0 Å². The van der Waals surface area contributed by atoms with Gasteiger partial charge in [0, 0.05) is 0 Å². The van der Waals surface area contributed by atoms with E-state index in [0.717, 1.165) is 16.7 Å². The lowest BCUT2D eigenvalue weighted by atomic mass is 9.84. The summed E-state index contributed by atoms with van der Waals surface area (Å²) in [6.45, 7) is 11.8. The van der Waals surface area contributed by atoms with Crippen molar-refractivity contribution in [2.75, 3.05) is 0 Å². The van der Waals surface area contributed by atoms with Gasteiger partial charge >= 0.3 is 5.97 Å². The van der Waals surface area contributed by atoms with Crippen molar-refractivity contribution in [1.29, 1.82) is 0 Å². The predicted molar refractivity (Wildman–Crippen MR) is 120 cm³/mol. The summed E-state index contributed by atoms with van der Waals surface area (Å²) >= 11 is 0. The second kappa shape index (κ2) is 7.87. The zero-order valence-electron chi connectivity index (χ0n) is 18.2. The summed E-state index contributed by atoms with van der Waals surface area (Å²) in [6.07, 6.45) is 0. The van der Waals surface area contributed by atoms with Crippen molar-refractivity contribution in [3.05, 3.63) is 95.1 Å². The molecule has 0 aliphatic carbocycles. The smallest absolute Gasteiger partial charge is 0.316 e. The van der Waals surface area contributed by atoms with Crippen LogP contribution in [0, 0.1) is 13.8 Å². The van der Waals surface area contributed by atoms with Gasteiger partial charge in [0.2, 0.25) is 0 Å². The minimum absolute atomic E-state index is 0.228. The Morgan fingerprint density at radius 3 is 1.48 bits per heavy atom. The maximum absolute atomic E-state index is 13.0. The van der Waals surface area contributed by atoms with Gasteiger partial charge in [-0.25, -0.2) is 0 Å². The molecule has 0 unspecified atom stereocenters.